The maximum absolute atomic E-state index is 11.9. The summed E-state index contributed by atoms with van der Waals surface area (Å²) in [4.78, 5) is 27.5. The van der Waals surface area contributed by atoms with Gasteiger partial charge >= 0.3 is 5.97 Å². The SMILES string of the molecule is COc1csc(C(=O)Nc2ncc(/C=C/C(=O)O)s2)c1. The van der Waals surface area contributed by atoms with E-state index in [-0.39, 0.29) is 5.91 Å². The second-order valence-electron chi connectivity index (χ2n) is 3.54. The molecule has 2 aromatic rings. The van der Waals surface area contributed by atoms with Gasteiger partial charge in [-0.05, 0) is 6.08 Å². The Labute approximate surface area is 122 Å². The number of thiophene rings is 1. The van der Waals surface area contributed by atoms with Gasteiger partial charge in [-0.2, -0.15) is 0 Å². The molecule has 6 nitrogen and oxygen atoms in total. The van der Waals surface area contributed by atoms with Crippen molar-refractivity contribution in [2.75, 3.05) is 12.4 Å². The molecule has 2 aromatic heterocycles. The molecule has 0 atom stereocenters. The number of aliphatic carboxylic acids is 1. The van der Waals surface area contributed by atoms with Crippen LogP contribution < -0.4 is 10.1 Å². The minimum Gasteiger partial charge on any atom is -0.496 e. The predicted molar refractivity (Wildman–Crippen MR) is 77.6 cm³/mol. The zero-order valence-corrected chi connectivity index (χ0v) is 12.0. The molecule has 0 bridgehead atoms. The average Bonchev–Trinajstić information content (AvgIpc) is 3.05. The summed E-state index contributed by atoms with van der Waals surface area (Å²) in [5, 5.41) is 13.3. The molecule has 104 valence electrons. The topological polar surface area (TPSA) is 88.5 Å². The van der Waals surface area contributed by atoms with Crippen LogP contribution in [0.5, 0.6) is 5.75 Å². The summed E-state index contributed by atoms with van der Waals surface area (Å²) in [7, 11) is 1.53. The van der Waals surface area contributed by atoms with Gasteiger partial charge in [0, 0.05) is 28.6 Å². The third-order valence-electron chi connectivity index (χ3n) is 2.17. The lowest BCUT2D eigenvalue weighted by Crippen LogP contribution is -2.09. The van der Waals surface area contributed by atoms with Gasteiger partial charge in [0.25, 0.3) is 5.91 Å². The van der Waals surface area contributed by atoms with Crippen molar-refractivity contribution in [1.29, 1.82) is 0 Å². The molecule has 0 aliphatic heterocycles. The minimum atomic E-state index is -1.03. The Bertz CT molecular complexity index is 660. The molecule has 2 heterocycles. The lowest BCUT2D eigenvalue weighted by molar-refractivity contribution is -0.131. The van der Waals surface area contributed by atoms with Crippen LogP contribution >= 0.6 is 22.7 Å². The fourth-order valence-electron chi connectivity index (χ4n) is 1.28. The maximum atomic E-state index is 11.9. The highest BCUT2D eigenvalue weighted by molar-refractivity contribution is 7.16. The second kappa shape index (κ2) is 6.31. The molecule has 0 aliphatic carbocycles. The van der Waals surface area contributed by atoms with Crippen LogP contribution in [0, 0.1) is 0 Å². The van der Waals surface area contributed by atoms with E-state index in [0.29, 0.717) is 20.6 Å². The van der Waals surface area contributed by atoms with Gasteiger partial charge in [0.2, 0.25) is 0 Å². The van der Waals surface area contributed by atoms with E-state index in [1.54, 1.807) is 11.4 Å². The quantitative estimate of drug-likeness (QED) is 0.829. The Balaban J connectivity index is 2.03. The molecule has 20 heavy (non-hydrogen) atoms. The molecular formula is C12H10N2O4S2. The fourth-order valence-corrected chi connectivity index (χ4v) is 2.74. The Morgan fingerprint density at radius 1 is 1.50 bits per heavy atom. The van der Waals surface area contributed by atoms with Gasteiger partial charge in [-0.15, -0.1) is 11.3 Å². The molecule has 0 radical (unpaired) electrons. The molecule has 0 saturated heterocycles. The van der Waals surface area contributed by atoms with E-state index in [1.807, 2.05) is 0 Å². The third kappa shape index (κ3) is 3.65. The summed E-state index contributed by atoms with van der Waals surface area (Å²) < 4.78 is 5.01. The van der Waals surface area contributed by atoms with Crippen molar-refractivity contribution in [2.45, 2.75) is 0 Å². The van der Waals surface area contributed by atoms with Crippen LogP contribution in [0.3, 0.4) is 0 Å². The molecule has 2 rings (SSSR count). The molecule has 2 N–H and O–H groups in total. The van der Waals surface area contributed by atoms with Crippen LogP contribution in [0.4, 0.5) is 5.13 Å². The molecule has 0 spiro atoms. The van der Waals surface area contributed by atoms with Crippen LogP contribution in [0.25, 0.3) is 6.08 Å². The lowest BCUT2D eigenvalue weighted by atomic mass is 10.4. The Morgan fingerprint density at radius 2 is 2.30 bits per heavy atom. The number of ether oxygens (including phenoxy) is 1. The summed E-state index contributed by atoms with van der Waals surface area (Å²) in [6.45, 7) is 0. The van der Waals surface area contributed by atoms with E-state index in [4.69, 9.17) is 9.84 Å². The number of hydrogen-bond donors (Lipinski definition) is 2. The van der Waals surface area contributed by atoms with Crippen LogP contribution in [0.1, 0.15) is 14.5 Å². The number of thiazole rings is 1. The van der Waals surface area contributed by atoms with Crippen molar-refractivity contribution in [3.8, 4) is 5.75 Å². The smallest absolute Gasteiger partial charge is 0.328 e. The van der Waals surface area contributed by atoms with Crippen molar-refractivity contribution in [3.63, 3.8) is 0 Å². The molecule has 0 aromatic carbocycles. The number of amides is 1. The van der Waals surface area contributed by atoms with Gasteiger partial charge in [-0.1, -0.05) is 11.3 Å². The monoisotopic (exact) mass is 310 g/mol. The predicted octanol–water partition coefficient (Wildman–Crippen LogP) is 2.56. The largest absolute Gasteiger partial charge is 0.496 e. The molecule has 0 unspecified atom stereocenters. The first kappa shape index (κ1) is 14.2. The number of aromatic nitrogens is 1. The van der Waals surface area contributed by atoms with E-state index in [0.717, 1.165) is 6.08 Å². The number of methoxy groups -OCH3 is 1. The fraction of sp³-hybridized carbons (Fsp3) is 0.0833. The van der Waals surface area contributed by atoms with Crippen molar-refractivity contribution in [3.05, 3.63) is 33.5 Å². The van der Waals surface area contributed by atoms with Crippen LogP contribution in [-0.2, 0) is 4.79 Å². The van der Waals surface area contributed by atoms with Crippen molar-refractivity contribution in [1.82, 2.24) is 4.98 Å². The van der Waals surface area contributed by atoms with Crippen LogP contribution in [-0.4, -0.2) is 29.1 Å². The number of rotatable bonds is 5. The van der Waals surface area contributed by atoms with E-state index < -0.39 is 5.97 Å². The van der Waals surface area contributed by atoms with E-state index in [1.165, 1.54) is 42.1 Å². The second-order valence-corrected chi connectivity index (χ2v) is 5.52. The van der Waals surface area contributed by atoms with E-state index >= 15 is 0 Å². The number of carboxylic acids is 1. The number of carboxylic acid groups (broad SMARTS) is 1. The molecule has 0 saturated carbocycles. The van der Waals surface area contributed by atoms with Crippen molar-refractivity contribution >= 4 is 45.8 Å². The van der Waals surface area contributed by atoms with Crippen LogP contribution in [0.2, 0.25) is 0 Å². The van der Waals surface area contributed by atoms with Crippen molar-refractivity contribution in [2.24, 2.45) is 0 Å². The Kier molecular flexibility index (Phi) is 4.49. The Hall–Kier alpha value is -2.19. The van der Waals surface area contributed by atoms with Gasteiger partial charge in [0.05, 0.1) is 12.0 Å². The van der Waals surface area contributed by atoms with Gasteiger partial charge in [-0.25, -0.2) is 9.78 Å². The summed E-state index contributed by atoms with van der Waals surface area (Å²) >= 11 is 2.46. The average molecular weight is 310 g/mol. The highest BCUT2D eigenvalue weighted by Crippen LogP contribution is 2.24. The number of anilines is 1. The van der Waals surface area contributed by atoms with Gasteiger partial charge in [-0.3, -0.25) is 10.1 Å². The maximum Gasteiger partial charge on any atom is 0.328 e. The third-order valence-corrected chi connectivity index (χ3v) is 3.95. The van der Waals surface area contributed by atoms with Gasteiger partial charge in [0.15, 0.2) is 5.13 Å². The lowest BCUT2D eigenvalue weighted by Gasteiger charge is -1.97. The molecule has 0 aliphatic rings. The molecule has 1 amide bonds. The minimum absolute atomic E-state index is 0.276. The summed E-state index contributed by atoms with van der Waals surface area (Å²) in [5.74, 6) is -0.680. The first-order valence-electron chi connectivity index (χ1n) is 5.39. The standard InChI is InChI=1S/C12H10N2O4S2/c1-18-7-4-9(19-6-7)11(17)14-12-13-5-8(20-12)2-3-10(15)16/h2-6H,1H3,(H,15,16)(H,13,14,17)/b3-2+. The first-order valence-corrected chi connectivity index (χ1v) is 7.09. The number of nitrogens with zero attached hydrogens (tertiary/aromatic N) is 1. The molecule has 0 fully saturated rings. The first-order chi connectivity index (χ1) is 9.58. The number of hydrogen-bond acceptors (Lipinski definition) is 6. The highest BCUT2D eigenvalue weighted by Gasteiger charge is 2.11. The van der Waals surface area contributed by atoms with Crippen molar-refractivity contribution < 1.29 is 19.4 Å². The van der Waals surface area contributed by atoms with Gasteiger partial charge < -0.3 is 9.84 Å². The van der Waals surface area contributed by atoms with E-state index in [2.05, 4.69) is 10.3 Å². The number of carbonyl (C=O) groups is 2. The molecule has 8 heteroatoms. The zero-order valence-electron chi connectivity index (χ0n) is 10.3. The normalized spacial score (nSPS) is 10.7. The highest BCUT2D eigenvalue weighted by atomic mass is 32.1. The Morgan fingerprint density at radius 3 is 2.95 bits per heavy atom. The summed E-state index contributed by atoms with van der Waals surface area (Å²) in [6.07, 6.45) is 3.93. The number of carbonyl (C=O) groups excluding carboxylic acids is 1. The molecular weight excluding hydrogens is 300 g/mol. The number of nitrogens with one attached hydrogen (secondary N) is 1. The van der Waals surface area contributed by atoms with Crippen LogP contribution in [0.15, 0.2) is 23.7 Å². The zero-order chi connectivity index (χ0) is 14.5. The summed E-state index contributed by atoms with van der Waals surface area (Å²) in [5.41, 5.74) is 0. The van der Waals surface area contributed by atoms with Gasteiger partial charge in [0.1, 0.15) is 5.75 Å². The van der Waals surface area contributed by atoms with E-state index in [9.17, 15) is 9.59 Å². The summed E-state index contributed by atoms with van der Waals surface area (Å²) in [6, 6.07) is 1.64.